The normalized spacial score (nSPS) is 20.0. The third-order valence-electron chi connectivity index (χ3n) is 4.46. The second-order valence-corrected chi connectivity index (χ2v) is 8.14. The van der Waals surface area contributed by atoms with E-state index in [1.807, 2.05) is 66.6 Å². The van der Waals surface area contributed by atoms with Crippen molar-refractivity contribution in [2.45, 2.75) is 26.1 Å². The number of halogens is 1. The summed E-state index contributed by atoms with van der Waals surface area (Å²) in [7, 11) is 0. The topological polar surface area (TPSA) is 47.4 Å². The predicted octanol–water partition coefficient (Wildman–Crippen LogP) is 4.50. The van der Waals surface area contributed by atoms with E-state index in [4.69, 9.17) is 21.4 Å². The monoisotopic (exact) mass is 401 g/mol. The van der Waals surface area contributed by atoms with Gasteiger partial charge in [-0.1, -0.05) is 23.7 Å². The van der Waals surface area contributed by atoms with Gasteiger partial charge >= 0.3 is 0 Å². The maximum Gasteiger partial charge on any atom is 0.272 e. The predicted molar refractivity (Wildman–Crippen MR) is 108 cm³/mol. The number of aromatic nitrogens is 2. The summed E-state index contributed by atoms with van der Waals surface area (Å²) in [4.78, 5) is 16.2. The number of thiophene rings is 1. The van der Waals surface area contributed by atoms with Gasteiger partial charge in [0.25, 0.3) is 5.91 Å². The number of ether oxygens (including phenoxy) is 1. The van der Waals surface area contributed by atoms with E-state index in [0.29, 0.717) is 23.8 Å². The zero-order valence-electron chi connectivity index (χ0n) is 15.1. The van der Waals surface area contributed by atoms with Crippen molar-refractivity contribution in [1.29, 1.82) is 0 Å². The molecule has 1 saturated heterocycles. The van der Waals surface area contributed by atoms with Crippen molar-refractivity contribution in [2.24, 2.45) is 0 Å². The standard InChI is InChI=1S/C20H20ClN3O2S/c1-13-11-23(12-14(2)26-13)20(25)18-10-17(19-7-4-8-27-19)22-24(18)16-6-3-5-15(21)9-16/h3-10,13-14H,11-12H2,1-2H3. The fourth-order valence-electron chi connectivity index (χ4n) is 3.39. The lowest BCUT2D eigenvalue weighted by Gasteiger charge is -2.35. The maximum absolute atomic E-state index is 13.3. The Bertz CT molecular complexity index is 944. The van der Waals surface area contributed by atoms with Gasteiger partial charge < -0.3 is 9.64 Å². The van der Waals surface area contributed by atoms with Crippen LogP contribution in [0.15, 0.2) is 47.8 Å². The fourth-order valence-corrected chi connectivity index (χ4v) is 4.25. The zero-order valence-corrected chi connectivity index (χ0v) is 16.7. The van der Waals surface area contributed by atoms with Gasteiger partial charge in [-0.2, -0.15) is 5.10 Å². The molecular formula is C20H20ClN3O2S. The highest BCUT2D eigenvalue weighted by Gasteiger charge is 2.29. The number of rotatable bonds is 3. The first kappa shape index (κ1) is 18.2. The summed E-state index contributed by atoms with van der Waals surface area (Å²) in [5.41, 5.74) is 2.08. The number of hydrogen-bond donors (Lipinski definition) is 0. The van der Waals surface area contributed by atoms with Crippen LogP contribution in [0, 0.1) is 0 Å². The second-order valence-electron chi connectivity index (χ2n) is 6.75. The molecule has 0 radical (unpaired) electrons. The quantitative estimate of drug-likeness (QED) is 0.649. The third-order valence-corrected chi connectivity index (χ3v) is 5.59. The summed E-state index contributed by atoms with van der Waals surface area (Å²) in [5, 5.41) is 7.31. The summed E-state index contributed by atoms with van der Waals surface area (Å²) >= 11 is 7.77. The van der Waals surface area contributed by atoms with Crippen LogP contribution < -0.4 is 0 Å². The van der Waals surface area contributed by atoms with E-state index in [1.165, 1.54) is 0 Å². The summed E-state index contributed by atoms with van der Waals surface area (Å²) in [6, 6.07) is 13.2. The summed E-state index contributed by atoms with van der Waals surface area (Å²) < 4.78 is 7.45. The molecule has 1 aromatic carbocycles. The Morgan fingerprint density at radius 1 is 1.19 bits per heavy atom. The van der Waals surface area contributed by atoms with Crippen LogP contribution in [-0.2, 0) is 4.74 Å². The van der Waals surface area contributed by atoms with Crippen molar-refractivity contribution in [3.05, 3.63) is 58.6 Å². The summed E-state index contributed by atoms with van der Waals surface area (Å²) in [5.74, 6) is -0.0488. The Kier molecular flexibility index (Phi) is 5.04. The Morgan fingerprint density at radius 2 is 1.96 bits per heavy atom. The zero-order chi connectivity index (χ0) is 19.0. The van der Waals surface area contributed by atoms with Gasteiger partial charge in [-0.05, 0) is 49.6 Å². The number of carbonyl (C=O) groups excluding carboxylic acids is 1. The maximum atomic E-state index is 13.3. The number of amides is 1. The highest BCUT2D eigenvalue weighted by atomic mass is 35.5. The van der Waals surface area contributed by atoms with Crippen LogP contribution in [0.25, 0.3) is 16.3 Å². The smallest absolute Gasteiger partial charge is 0.272 e. The molecule has 1 aliphatic rings. The van der Waals surface area contributed by atoms with Gasteiger partial charge in [0.1, 0.15) is 11.4 Å². The van der Waals surface area contributed by atoms with E-state index >= 15 is 0 Å². The molecule has 3 heterocycles. The van der Waals surface area contributed by atoms with E-state index < -0.39 is 0 Å². The molecule has 0 N–H and O–H groups in total. The molecule has 5 nitrogen and oxygen atoms in total. The van der Waals surface area contributed by atoms with Gasteiger partial charge in [0.2, 0.25) is 0 Å². The van der Waals surface area contributed by atoms with Gasteiger partial charge in [-0.25, -0.2) is 4.68 Å². The Morgan fingerprint density at radius 3 is 2.63 bits per heavy atom. The second kappa shape index (κ2) is 7.46. The van der Waals surface area contributed by atoms with Crippen molar-refractivity contribution >= 4 is 28.8 Å². The lowest BCUT2D eigenvalue weighted by molar-refractivity contribution is -0.0588. The van der Waals surface area contributed by atoms with Gasteiger partial charge in [-0.15, -0.1) is 11.3 Å². The molecule has 1 amide bonds. The van der Waals surface area contributed by atoms with Gasteiger partial charge in [0.05, 0.1) is 22.8 Å². The molecule has 1 fully saturated rings. The molecule has 0 saturated carbocycles. The van der Waals surface area contributed by atoms with Gasteiger partial charge in [0.15, 0.2) is 0 Å². The van der Waals surface area contributed by atoms with E-state index in [0.717, 1.165) is 16.3 Å². The van der Waals surface area contributed by atoms with Crippen molar-refractivity contribution in [2.75, 3.05) is 13.1 Å². The van der Waals surface area contributed by atoms with E-state index in [1.54, 1.807) is 16.0 Å². The summed E-state index contributed by atoms with van der Waals surface area (Å²) in [6.45, 7) is 5.11. The van der Waals surface area contributed by atoms with E-state index in [-0.39, 0.29) is 18.1 Å². The van der Waals surface area contributed by atoms with Crippen LogP contribution >= 0.6 is 22.9 Å². The lowest BCUT2D eigenvalue weighted by atomic mass is 10.2. The highest BCUT2D eigenvalue weighted by Crippen LogP contribution is 2.27. The lowest BCUT2D eigenvalue weighted by Crippen LogP contribution is -2.48. The van der Waals surface area contributed by atoms with Gasteiger partial charge in [0, 0.05) is 18.1 Å². The van der Waals surface area contributed by atoms with Crippen LogP contribution in [-0.4, -0.2) is 45.9 Å². The first-order chi connectivity index (χ1) is 13.0. The summed E-state index contributed by atoms with van der Waals surface area (Å²) in [6.07, 6.45) is 0.0222. The number of hydrogen-bond acceptors (Lipinski definition) is 4. The van der Waals surface area contributed by atoms with Crippen LogP contribution in [0.1, 0.15) is 24.3 Å². The Labute approximate surface area is 167 Å². The van der Waals surface area contributed by atoms with Crippen LogP contribution in [0.4, 0.5) is 0 Å². The van der Waals surface area contributed by atoms with Crippen LogP contribution in [0.5, 0.6) is 0 Å². The first-order valence-electron chi connectivity index (χ1n) is 8.86. The number of nitrogens with zero attached hydrogens (tertiary/aromatic N) is 3. The molecule has 2 atom stereocenters. The number of morpholine rings is 1. The minimum Gasteiger partial charge on any atom is -0.372 e. The fraction of sp³-hybridized carbons (Fsp3) is 0.300. The molecule has 0 bridgehead atoms. The minimum atomic E-state index is -0.0488. The van der Waals surface area contributed by atoms with E-state index in [2.05, 4.69) is 0 Å². The molecular weight excluding hydrogens is 382 g/mol. The molecule has 7 heteroatoms. The molecule has 27 heavy (non-hydrogen) atoms. The SMILES string of the molecule is CC1CN(C(=O)c2cc(-c3cccs3)nn2-c2cccc(Cl)c2)CC(C)O1. The first-order valence-corrected chi connectivity index (χ1v) is 10.1. The average molecular weight is 402 g/mol. The van der Waals surface area contributed by atoms with Crippen molar-refractivity contribution in [3.63, 3.8) is 0 Å². The van der Waals surface area contributed by atoms with Crippen molar-refractivity contribution in [3.8, 4) is 16.3 Å². The molecule has 0 spiro atoms. The van der Waals surface area contributed by atoms with Crippen molar-refractivity contribution < 1.29 is 9.53 Å². The van der Waals surface area contributed by atoms with Gasteiger partial charge in [-0.3, -0.25) is 4.79 Å². The number of benzene rings is 1. The van der Waals surface area contributed by atoms with E-state index in [9.17, 15) is 4.79 Å². The minimum absolute atomic E-state index is 0.0111. The molecule has 0 aliphatic carbocycles. The van der Waals surface area contributed by atoms with Crippen LogP contribution in [0.3, 0.4) is 0 Å². The highest BCUT2D eigenvalue weighted by molar-refractivity contribution is 7.13. The Hall–Kier alpha value is -2.15. The van der Waals surface area contributed by atoms with Crippen molar-refractivity contribution in [1.82, 2.24) is 14.7 Å². The molecule has 3 aromatic rings. The molecule has 2 unspecified atom stereocenters. The molecule has 4 rings (SSSR count). The largest absolute Gasteiger partial charge is 0.372 e. The number of carbonyl (C=O) groups is 1. The Balaban J connectivity index is 1.77. The van der Waals surface area contributed by atoms with Crippen LogP contribution in [0.2, 0.25) is 5.02 Å². The molecule has 2 aromatic heterocycles. The molecule has 1 aliphatic heterocycles. The molecule has 140 valence electrons. The third kappa shape index (κ3) is 3.78. The average Bonchev–Trinajstić information content (AvgIpc) is 3.30.